The van der Waals surface area contributed by atoms with Crippen molar-refractivity contribution in [1.82, 2.24) is 9.29 Å². The van der Waals surface area contributed by atoms with E-state index in [0.29, 0.717) is 19.0 Å². The SMILES string of the molecule is O=S(=O)(Cc1ccccc1)N1CC(Oc2ccc3ccccc3n2)C1. The number of fused-ring (bicyclic) bond motifs is 1. The molecule has 0 saturated carbocycles. The van der Waals surface area contributed by atoms with Gasteiger partial charge in [0.2, 0.25) is 15.9 Å². The van der Waals surface area contributed by atoms with E-state index in [1.165, 1.54) is 4.31 Å². The van der Waals surface area contributed by atoms with Crippen LogP contribution in [-0.4, -0.2) is 36.9 Å². The van der Waals surface area contributed by atoms with Gasteiger partial charge >= 0.3 is 0 Å². The maximum absolute atomic E-state index is 12.4. The summed E-state index contributed by atoms with van der Waals surface area (Å²) >= 11 is 0. The van der Waals surface area contributed by atoms with Crippen molar-refractivity contribution in [2.45, 2.75) is 11.9 Å². The molecule has 2 heterocycles. The highest BCUT2D eigenvalue weighted by molar-refractivity contribution is 7.88. The van der Waals surface area contributed by atoms with Crippen molar-refractivity contribution in [3.05, 3.63) is 72.3 Å². The van der Waals surface area contributed by atoms with Crippen LogP contribution in [0.15, 0.2) is 66.7 Å². The molecular weight excluding hydrogens is 336 g/mol. The largest absolute Gasteiger partial charge is 0.472 e. The third-order valence-electron chi connectivity index (χ3n) is 4.26. The molecular formula is C19H18N2O3S. The molecule has 0 N–H and O–H groups in total. The van der Waals surface area contributed by atoms with Crippen molar-refractivity contribution >= 4 is 20.9 Å². The molecule has 0 aliphatic carbocycles. The van der Waals surface area contributed by atoms with Crippen LogP contribution in [0.1, 0.15) is 5.56 Å². The summed E-state index contributed by atoms with van der Waals surface area (Å²) in [6.45, 7) is 0.730. The van der Waals surface area contributed by atoms with Gasteiger partial charge in [0.05, 0.1) is 24.4 Å². The van der Waals surface area contributed by atoms with Crippen molar-refractivity contribution < 1.29 is 13.2 Å². The Balaban J connectivity index is 1.38. The van der Waals surface area contributed by atoms with Gasteiger partial charge in [-0.15, -0.1) is 0 Å². The van der Waals surface area contributed by atoms with E-state index in [4.69, 9.17) is 4.74 Å². The van der Waals surface area contributed by atoms with Gasteiger partial charge in [-0.3, -0.25) is 0 Å². The topological polar surface area (TPSA) is 59.5 Å². The Bertz CT molecular complexity index is 984. The van der Waals surface area contributed by atoms with E-state index >= 15 is 0 Å². The molecule has 0 bridgehead atoms. The number of hydrogen-bond acceptors (Lipinski definition) is 4. The predicted molar refractivity (Wildman–Crippen MR) is 96.8 cm³/mol. The lowest BCUT2D eigenvalue weighted by Crippen LogP contribution is -2.56. The molecule has 6 heteroatoms. The number of sulfonamides is 1. The summed E-state index contributed by atoms with van der Waals surface area (Å²) in [6, 6.07) is 20.8. The van der Waals surface area contributed by atoms with Gasteiger partial charge in [0.25, 0.3) is 0 Å². The Morgan fingerprint density at radius 2 is 1.68 bits per heavy atom. The van der Waals surface area contributed by atoms with E-state index in [2.05, 4.69) is 4.98 Å². The molecule has 0 atom stereocenters. The van der Waals surface area contributed by atoms with Gasteiger partial charge in [-0.1, -0.05) is 48.5 Å². The quantitative estimate of drug-likeness (QED) is 0.707. The summed E-state index contributed by atoms with van der Waals surface area (Å²) < 4.78 is 32.1. The molecule has 1 aliphatic rings. The Hall–Kier alpha value is -2.44. The molecule has 4 rings (SSSR count). The Morgan fingerprint density at radius 3 is 2.48 bits per heavy atom. The Labute approximate surface area is 146 Å². The van der Waals surface area contributed by atoms with Crippen LogP contribution >= 0.6 is 0 Å². The molecule has 0 amide bonds. The number of benzene rings is 2. The highest BCUT2D eigenvalue weighted by Crippen LogP contribution is 2.23. The lowest BCUT2D eigenvalue weighted by Gasteiger charge is -2.37. The molecule has 0 unspecified atom stereocenters. The average Bonchev–Trinajstić information content (AvgIpc) is 2.58. The molecule has 0 radical (unpaired) electrons. The van der Waals surface area contributed by atoms with Crippen LogP contribution in [0.25, 0.3) is 10.9 Å². The molecule has 25 heavy (non-hydrogen) atoms. The van der Waals surface area contributed by atoms with Gasteiger partial charge in [-0.05, 0) is 17.7 Å². The third-order valence-corrected chi connectivity index (χ3v) is 6.04. The first kappa shape index (κ1) is 16.1. The number of para-hydroxylation sites is 1. The van der Waals surface area contributed by atoms with E-state index in [9.17, 15) is 8.42 Å². The number of pyridine rings is 1. The van der Waals surface area contributed by atoms with Gasteiger partial charge < -0.3 is 4.74 Å². The van der Waals surface area contributed by atoms with E-state index in [1.54, 1.807) is 0 Å². The lowest BCUT2D eigenvalue weighted by atomic mass is 10.2. The first-order chi connectivity index (χ1) is 12.1. The molecule has 1 aliphatic heterocycles. The first-order valence-electron chi connectivity index (χ1n) is 8.14. The minimum Gasteiger partial charge on any atom is -0.472 e. The van der Waals surface area contributed by atoms with Crippen LogP contribution in [0.4, 0.5) is 0 Å². The van der Waals surface area contributed by atoms with Gasteiger partial charge in [0.15, 0.2) is 0 Å². The molecule has 1 aromatic heterocycles. The zero-order valence-corrected chi connectivity index (χ0v) is 14.4. The fourth-order valence-electron chi connectivity index (χ4n) is 2.86. The summed E-state index contributed by atoms with van der Waals surface area (Å²) in [6.07, 6.45) is -0.154. The molecule has 1 fully saturated rings. The zero-order chi connectivity index (χ0) is 17.3. The minimum atomic E-state index is -3.30. The van der Waals surface area contributed by atoms with Crippen molar-refractivity contribution in [3.8, 4) is 5.88 Å². The van der Waals surface area contributed by atoms with E-state index in [1.807, 2.05) is 66.7 Å². The maximum atomic E-state index is 12.4. The Morgan fingerprint density at radius 1 is 0.960 bits per heavy atom. The van der Waals surface area contributed by atoms with E-state index < -0.39 is 10.0 Å². The average molecular weight is 354 g/mol. The van der Waals surface area contributed by atoms with Crippen LogP contribution in [0.5, 0.6) is 5.88 Å². The van der Waals surface area contributed by atoms with Gasteiger partial charge in [0.1, 0.15) is 6.10 Å². The Kier molecular flexibility index (Phi) is 4.15. The third kappa shape index (κ3) is 3.50. The van der Waals surface area contributed by atoms with Crippen LogP contribution < -0.4 is 4.74 Å². The van der Waals surface area contributed by atoms with Crippen LogP contribution in [0, 0.1) is 0 Å². The summed E-state index contributed by atoms with van der Waals surface area (Å²) in [4.78, 5) is 4.46. The lowest BCUT2D eigenvalue weighted by molar-refractivity contribution is 0.0723. The van der Waals surface area contributed by atoms with Gasteiger partial charge in [-0.2, -0.15) is 4.31 Å². The maximum Gasteiger partial charge on any atom is 0.218 e. The van der Waals surface area contributed by atoms with Gasteiger partial charge in [0, 0.05) is 11.5 Å². The van der Waals surface area contributed by atoms with Crippen LogP contribution in [0.3, 0.4) is 0 Å². The van der Waals surface area contributed by atoms with Gasteiger partial charge in [-0.25, -0.2) is 13.4 Å². The second kappa shape index (κ2) is 6.46. The molecule has 2 aromatic carbocycles. The van der Waals surface area contributed by atoms with Crippen LogP contribution in [0.2, 0.25) is 0 Å². The molecule has 5 nitrogen and oxygen atoms in total. The number of nitrogens with zero attached hydrogens (tertiary/aromatic N) is 2. The highest BCUT2D eigenvalue weighted by atomic mass is 32.2. The highest BCUT2D eigenvalue weighted by Gasteiger charge is 2.37. The smallest absolute Gasteiger partial charge is 0.218 e. The molecule has 128 valence electrons. The molecule has 1 saturated heterocycles. The standard InChI is InChI=1S/C19H18N2O3S/c22-25(23,14-15-6-2-1-3-7-15)21-12-17(13-21)24-19-11-10-16-8-4-5-9-18(16)20-19/h1-11,17H,12-14H2. The van der Waals surface area contributed by atoms with E-state index in [-0.39, 0.29) is 11.9 Å². The van der Waals surface area contributed by atoms with Crippen molar-refractivity contribution in [3.63, 3.8) is 0 Å². The first-order valence-corrected chi connectivity index (χ1v) is 9.75. The van der Waals surface area contributed by atoms with Crippen molar-refractivity contribution in [2.24, 2.45) is 0 Å². The second-order valence-corrected chi connectivity index (χ2v) is 8.11. The number of ether oxygens (including phenoxy) is 1. The number of hydrogen-bond donors (Lipinski definition) is 0. The monoisotopic (exact) mass is 354 g/mol. The normalized spacial score (nSPS) is 15.8. The predicted octanol–water partition coefficient (Wildman–Crippen LogP) is 2.83. The zero-order valence-electron chi connectivity index (χ0n) is 13.6. The minimum absolute atomic E-state index is 0.0226. The summed E-state index contributed by atoms with van der Waals surface area (Å²) in [7, 11) is -3.30. The number of aromatic nitrogens is 1. The van der Waals surface area contributed by atoms with Crippen LogP contribution in [-0.2, 0) is 15.8 Å². The van der Waals surface area contributed by atoms with E-state index in [0.717, 1.165) is 16.5 Å². The fraction of sp³-hybridized carbons (Fsp3) is 0.211. The number of rotatable bonds is 5. The second-order valence-electron chi connectivity index (χ2n) is 6.14. The van der Waals surface area contributed by atoms with Crippen molar-refractivity contribution in [2.75, 3.05) is 13.1 Å². The fourth-order valence-corrected chi connectivity index (χ4v) is 4.45. The van der Waals surface area contributed by atoms with Crippen molar-refractivity contribution in [1.29, 1.82) is 0 Å². The molecule has 3 aromatic rings. The molecule has 0 spiro atoms. The summed E-state index contributed by atoms with van der Waals surface area (Å²) in [5.41, 5.74) is 1.66. The summed E-state index contributed by atoms with van der Waals surface area (Å²) in [5.74, 6) is 0.554. The summed E-state index contributed by atoms with van der Waals surface area (Å²) in [5, 5.41) is 1.05.